The highest BCUT2D eigenvalue weighted by atomic mass is 32.1. The van der Waals surface area contributed by atoms with Crippen molar-refractivity contribution < 1.29 is 0 Å². The lowest BCUT2D eigenvalue weighted by molar-refractivity contribution is 0.332. The Kier molecular flexibility index (Phi) is 9.90. The molecule has 0 unspecified atom stereocenters. The van der Waals surface area contributed by atoms with Gasteiger partial charge in [-0.25, -0.2) is 0 Å². The molecular weight excluding hydrogens is 876 g/mol. The Morgan fingerprint density at radius 2 is 0.789 bits per heavy atom. The summed E-state index contributed by atoms with van der Waals surface area (Å²) in [6.07, 6.45) is 9.61. The van der Waals surface area contributed by atoms with Gasteiger partial charge in [0.05, 0.1) is 5.69 Å². The van der Waals surface area contributed by atoms with Gasteiger partial charge in [-0.05, 0) is 216 Å². The van der Waals surface area contributed by atoms with Crippen molar-refractivity contribution in [1.29, 1.82) is 0 Å². The summed E-state index contributed by atoms with van der Waals surface area (Å²) in [4.78, 5) is 5.57. The number of fused-ring (bicyclic) bond motifs is 10. The zero-order chi connectivity index (χ0) is 50.7. The fraction of sp³-hybridized carbons (Fsp3) is 0.522. The fourth-order valence-corrected chi connectivity index (χ4v) is 16.3. The molecule has 2 nitrogen and oxygen atoms in total. The highest BCUT2D eigenvalue weighted by Gasteiger charge is 2.50. The van der Waals surface area contributed by atoms with Gasteiger partial charge in [0.25, 0.3) is 6.71 Å². The number of nitrogens with zero attached hydrogens (tertiary/aromatic N) is 2. The summed E-state index contributed by atoms with van der Waals surface area (Å²) in [7, 11) is 0. The lowest BCUT2D eigenvalue weighted by Crippen LogP contribution is -2.61. The third-order valence-electron chi connectivity index (χ3n) is 20.5. The van der Waals surface area contributed by atoms with E-state index in [2.05, 4.69) is 219 Å². The second kappa shape index (κ2) is 14.7. The van der Waals surface area contributed by atoms with Crippen molar-refractivity contribution in [2.45, 2.75) is 225 Å². The lowest BCUT2D eigenvalue weighted by atomic mass is 9.35. The van der Waals surface area contributed by atoms with Crippen LogP contribution >= 0.6 is 11.3 Å². The van der Waals surface area contributed by atoms with Crippen LogP contribution in [0.1, 0.15) is 232 Å². The average molecular weight is 959 g/mol. The van der Waals surface area contributed by atoms with Gasteiger partial charge in [-0.1, -0.05) is 143 Å². The van der Waals surface area contributed by atoms with Crippen LogP contribution in [0.4, 0.5) is 34.1 Å². The van der Waals surface area contributed by atoms with Gasteiger partial charge >= 0.3 is 0 Å². The van der Waals surface area contributed by atoms with Gasteiger partial charge < -0.3 is 9.80 Å². The summed E-state index contributed by atoms with van der Waals surface area (Å²) in [5.41, 5.74) is 25.5. The van der Waals surface area contributed by atoms with Crippen molar-refractivity contribution in [2.24, 2.45) is 0 Å². The van der Waals surface area contributed by atoms with Gasteiger partial charge in [-0.15, -0.1) is 11.3 Å². The summed E-state index contributed by atoms with van der Waals surface area (Å²) in [6, 6.07) is 31.4. The molecule has 0 N–H and O–H groups in total. The molecule has 71 heavy (non-hydrogen) atoms. The van der Waals surface area contributed by atoms with Gasteiger partial charge in [-0.3, -0.25) is 0 Å². The van der Waals surface area contributed by atoms with Crippen molar-refractivity contribution in [2.75, 3.05) is 9.80 Å². The Labute approximate surface area is 433 Å². The van der Waals surface area contributed by atoms with E-state index in [1.807, 2.05) is 0 Å². The van der Waals surface area contributed by atoms with E-state index in [1.165, 1.54) is 145 Å². The maximum atomic E-state index is 2.80. The van der Waals surface area contributed by atoms with E-state index < -0.39 is 0 Å². The molecule has 12 rings (SSSR count). The van der Waals surface area contributed by atoms with E-state index in [1.54, 1.807) is 16.7 Å². The van der Waals surface area contributed by atoms with Crippen LogP contribution in [0, 0.1) is 0 Å². The minimum absolute atomic E-state index is 0.0677. The molecule has 4 heteroatoms. The van der Waals surface area contributed by atoms with Crippen LogP contribution in [0.2, 0.25) is 0 Å². The maximum Gasteiger partial charge on any atom is 0.264 e. The van der Waals surface area contributed by atoms with Gasteiger partial charge in [0.2, 0.25) is 0 Å². The number of anilines is 6. The van der Waals surface area contributed by atoms with Crippen LogP contribution in [-0.4, -0.2) is 6.71 Å². The maximum absolute atomic E-state index is 2.80. The Bertz CT molecular complexity index is 3270. The van der Waals surface area contributed by atoms with Crippen LogP contribution in [0.25, 0.3) is 10.1 Å². The Morgan fingerprint density at radius 3 is 1.25 bits per heavy atom. The summed E-state index contributed by atoms with van der Waals surface area (Å²) >= 11 is 2.11. The van der Waals surface area contributed by atoms with E-state index >= 15 is 0 Å². The first kappa shape index (κ1) is 47.7. The van der Waals surface area contributed by atoms with E-state index in [9.17, 15) is 0 Å². The minimum atomic E-state index is 0.0677. The number of benzene rings is 5. The van der Waals surface area contributed by atoms with Crippen LogP contribution in [-0.2, 0) is 43.3 Å². The topological polar surface area (TPSA) is 6.48 Å². The molecule has 4 aliphatic carbocycles. The summed E-state index contributed by atoms with van der Waals surface area (Å²) in [6.45, 7) is 44.9. The highest BCUT2D eigenvalue weighted by molar-refractivity contribution is 7.33. The molecule has 1 aromatic heterocycles. The van der Waals surface area contributed by atoms with E-state index in [0.717, 1.165) is 0 Å². The van der Waals surface area contributed by atoms with E-state index in [-0.39, 0.29) is 50.0 Å². The van der Waals surface area contributed by atoms with Gasteiger partial charge in [0, 0.05) is 43.3 Å². The monoisotopic (exact) mass is 959 g/mol. The van der Waals surface area contributed by atoms with Crippen molar-refractivity contribution >= 4 is 78.0 Å². The summed E-state index contributed by atoms with van der Waals surface area (Å²) in [5.74, 6) is 0.338. The second-order valence-electron chi connectivity index (χ2n) is 29.4. The first-order valence-electron chi connectivity index (χ1n) is 27.8. The lowest BCUT2D eigenvalue weighted by Gasteiger charge is -2.48. The molecule has 3 heterocycles. The number of rotatable bonds is 3. The molecule has 6 aliphatic rings. The van der Waals surface area contributed by atoms with Gasteiger partial charge in [0.1, 0.15) is 0 Å². The molecule has 6 aromatic rings. The van der Waals surface area contributed by atoms with Crippen LogP contribution in [0.3, 0.4) is 0 Å². The zero-order valence-corrected chi connectivity index (χ0v) is 47.9. The third-order valence-corrected chi connectivity index (χ3v) is 21.7. The van der Waals surface area contributed by atoms with Crippen LogP contribution in [0.15, 0.2) is 72.8 Å². The predicted molar refractivity (Wildman–Crippen MR) is 311 cm³/mol. The fourth-order valence-electron chi connectivity index (χ4n) is 14.9. The van der Waals surface area contributed by atoms with E-state index in [4.69, 9.17) is 0 Å². The average Bonchev–Trinajstić information content (AvgIpc) is 3.67. The number of thiophene rings is 1. The zero-order valence-electron chi connectivity index (χ0n) is 47.0. The molecular formula is C67H83BN2S. The smallest absolute Gasteiger partial charge is 0.264 e. The number of hydrogen-bond acceptors (Lipinski definition) is 3. The molecule has 0 amide bonds. The molecule has 0 bridgehead atoms. The van der Waals surface area contributed by atoms with Crippen molar-refractivity contribution in [3.63, 3.8) is 0 Å². The second-order valence-corrected chi connectivity index (χ2v) is 30.5. The molecule has 0 fully saturated rings. The third kappa shape index (κ3) is 6.83. The first-order chi connectivity index (χ1) is 32.9. The highest BCUT2D eigenvalue weighted by Crippen LogP contribution is 2.57. The molecule has 370 valence electrons. The standard InChI is InChI=1S/C67H83BN2S/c1-39(2)40-31-54-57-55(32-40)70(42-20-22-45-47(34-42)63(9,10)26-24-61(45,5)6)58-43-35-48-51(67(17,18)30-27-64(48,11)12)38-56(43)71-59(58)68(57)52-36-49-50(66(15,16)29-28-65(49,13)14)37-53(52)69(54)41-19-21-44-46(33-41)62(7,8)25-23-60(44,3)4/h19-22,31-39H,23-30H2,1-18H3. The molecule has 0 radical (unpaired) electrons. The Balaban J connectivity index is 1.23. The molecule has 5 aromatic carbocycles. The number of hydrogen-bond donors (Lipinski definition) is 0. The SMILES string of the molecule is CC(C)c1cc2c3c(c1)N(c1ccc4c(c1)C(C)(C)CCC4(C)C)c1c(sc4cc5c(cc14)C(C)(C)CCC5(C)C)B3c1cc3c(cc1N2c1ccc2c(c1)C(C)(C)CCC2(C)C)C(C)(C)CCC3(C)C. The summed E-state index contributed by atoms with van der Waals surface area (Å²) in [5, 5.41) is 1.43. The van der Waals surface area contributed by atoms with Crippen molar-refractivity contribution in [3.05, 3.63) is 123 Å². The quantitative estimate of drug-likeness (QED) is 0.163. The normalized spacial score (nSPS) is 22.7. The molecule has 0 saturated heterocycles. The minimum Gasteiger partial charge on any atom is -0.311 e. The Morgan fingerprint density at radius 1 is 0.408 bits per heavy atom. The van der Waals surface area contributed by atoms with Gasteiger partial charge in [0.15, 0.2) is 0 Å². The van der Waals surface area contributed by atoms with E-state index in [0.29, 0.717) is 5.92 Å². The predicted octanol–water partition coefficient (Wildman–Crippen LogP) is 17.5. The van der Waals surface area contributed by atoms with Crippen LogP contribution < -0.4 is 25.5 Å². The first-order valence-corrected chi connectivity index (χ1v) is 28.6. The molecule has 0 atom stereocenters. The summed E-state index contributed by atoms with van der Waals surface area (Å²) < 4.78 is 2.94. The molecule has 2 aliphatic heterocycles. The largest absolute Gasteiger partial charge is 0.311 e. The van der Waals surface area contributed by atoms with Gasteiger partial charge in [-0.2, -0.15) is 0 Å². The van der Waals surface area contributed by atoms with Crippen LogP contribution in [0.5, 0.6) is 0 Å². The Hall–Kier alpha value is -4.28. The molecule has 0 spiro atoms. The van der Waals surface area contributed by atoms with Crippen molar-refractivity contribution in [3.8, 4) is 0 Å². The molecule has 0 saturated carbocycles. The van der Waals surface area contributed by atoms with Crippen molar-refractivity contribution in [1.82, 2.24) is 0 Å².